The Balaban J connectivity index is 3.18. The van der Waals surface area contributed by atoms with Crippen LogP contribution >= 0.6 is 15.9 Å². The summed E-state index contributed by atoms with van der Waals surface area (Å²) in [5.74, 6) is -0.118. The molecule has 0 radical (unpaired) electrons. The SMILES string of the molecule is CCCn1ncc(O)c(Br)c1=O. The zero-order valence-electron chi connectivity index (χ0n) is 6.62. The van der Waals surface area contributed by atoms with E-state index in [9.17, 15) is 4.79 Å². The van der Waals surface area contributed by atoms with Crippen molar-refractivity contribution in [1.29, 1.82) is 0 Å². The van der Waals surface area contributed by atoms with E-state index in [1.165, 1.54) is 10.9 Å². The average molecular weight is 233 g/mol. The summed E-state index contributed by atoms with van der Waals surface area (Å²) in [5, 5.41) is 12.8. The second-order valence-corrected chi connectivity index (χ2v) is 3.17. The number of aromatic hydroxyl groups is 1. The van der Waals surface area contributed by atoms with Gasteiger partial charge >= 0.3 is 0 Å². The first-order chi connectivity index (χ1) is 5.66. The van der Waals surface area contributed by atoms with E-state index < -0.39 is 0 Å². The van der Waals surface area contributed by atoms with Crippen LogP contribution in [-0.4, -0.2) is 14.9 Å². The highest BCUT2D eigenvalue weighted by atomic mass is 79.9. The van der Waals surface area contributed by atoms with Gasteiger partial charge in [-0.05, 0) is 22.4 Å². The highest BCUT2D eigenvalue weighted by Gasteiger charge is 2.05. The predicted octanol–water partition coefficient (Wildman–Crippen LogP) is 1.12. The third kappa shape index (κ3) is 1.66. The summed E-state index contributed by atoms with van der Waals surface area (Å²) in [5.41, 5.74) is -0.295. The van der Waals surface area contributed by atoms with Gasteiger partial charge in [0.1, 0.15) is 4.47 Å². The molecule has 0 saturated carbocycles. The van der Waals surface area contributed by atoms with Crippen LogP contribution in [0.2, 0.25) is 0 Å². The zero-order chi connectivity index (χ0) is 9.14. The first-order valence-corrected chi connectivity index (χ1v) is 4.40. The van der Waals surface area contributed by atoms with Crippen molar-refractivity contribution in [2.45, 2.75) is 19.9 Å². The number of aryl methyl sites for hydroxylation is 1. The summed E-state index contributed by atoms with van der Waals surface area (Å²) in [6, 6.07) is 0. The fourth-order valence-corrected chi connectivity index (χ4v) is 1.13. The van der Waals surface area contributed by atoms with Crippen molar-refractivity contribution in [3.8, 4) is 5.75 Å². The minimum absolute atomic E-state index is 0.118. The maximum Gasteiger partial charge on any atom is 0.284 e. The third-order valence-electron chi connectivity index (χ3n) is 1.40. The van der Waals surface area contributed by atoms with Gasteiger partial charge in [0.25, 0.3) is 5.56 Å². The Labute approximate surface area is 78.0 Å². The van der Waals surface area contributed by atoms with Gasteiger partial charge in [0.05, 0.1) is 6.20 Å². The molecule has 4 nitrogen and oxygen atoms in total. The highest BCUT2D eigenvalue weighted by Crippen LogP contribution is 2.15. The molecule has 0 aromatic carbocycles. The molecule has 0 aliphatic carbocycles. The van der Waals surface area contributed by atoms with Crippen LogP contribution in [0.15, 0.2) is 15.5 Å². The molecule has 1 rings (SSSR count). The van der Waals surface area contributed by atoms with Crippen molar-refractivity contribution in [1.82, 2.24) is 9.78 Å². The number of halogens is 1. The van der Waals surface area contributed by atoms with Crippen LogP contribution in [0.4, 0.5) is 0 Å². The van der Waals surface area contributed by atoms with Crippen molar-refractivity contribution >= 4 is 15.9 Å². The van der Waals surface area contributed by atoms with Crippen LogP contribution in [0, 0.1) is 0 Å². The van der Waals surface area contributed by atoms with Gasteiger partial charge in [-0.1, -0.05) is 6.92 Å². The van der Waals surface area contributed by atoms with Crippen molar-refractivity contribution in [3.63, 3.8) is 0 Å². The first kappa shape index (κ1) is 9.25. The quantitative estimate of drug-likeness (QED) is 0.832. The summed E-state index contributed by atoms with van der Waals surface area (Å²) in [4.78, 5) is 11.3. The van der Waals surface area contributed by atoms with E-state index in [-0.39, 0.29) is 15.8 Å². The third-order valence-corrected chi connectivity index (χ3v) is 2.15. The maximum atomic E-state index is 11.3. The molecule has 1 N–H and O–H groups in total. The second kappa shape index (κ2) is 3.71. The number of hydrogen-bond donors (Lipinski definition) is 1. The molecule has 0 aliphatic rings. The lowest BCUT2D eigenvalue weighted by atomic mass is 10.4. The van der Waals surface area contributed by atoms with E-state index in [4.69, 9.17) is 5.11 Å². The summed E-state index contributed by atoms with van der Waals surface area (Å²) in [7, 11) is 0. The predicted molar refractivity (Wildman–Crippen MR) is 48.2 cm³/mol. The molecule has 0 saturated heterocycles. The molecule has 0 atom stereocenters. The lowest BCUT2D eigenvalue weighted by molar-refractivity contribution is 0.453. The van der Waals surface area contributed by atoms with Crippen molar-refractivity contribution < 1.29 is 5.11 Å². The lowest BCUT2D eigenvalue weighted by Gasteiger charge is -2.02. The standard InChI is InChI=1S/C7H9BrN2O2/c1-2-3-10-7(12)6(8)5(11)4-9-10/h4,11H,2-3H2,1H3. The van der Waals surface area contributed by atoms with E-state index in [2.05, 4.69) is 21.0 Å². The minimum atomic E-state index is -0.295. The largest absolute Gasteiger partial charge is 0.505 e. The fraction of sp³-hybridized carbons (Fsp3) is 0.429. The Morgan fingerprint density at radius 2 is 2.42 bits per heavy atom. The molecule has 5 heteroatoms. The topological polar surface area (TPSA) is 55.1 Å². The van der Waals surface area contributed by atoms with Gasteiger partial charge in [-0.25, -0.2) is 4.68 Å². The second-order valence-electron chi connectivity index (χ2n) is 2.37. The Morgan fingerprint density at radius 3 is 3.00 bits per heavy atom. The molecule has 0 fully saturated rings. The molecular weight excluding hydrogens is 224 g/mol. The van der Waals surface area contributed by atoms with Crippen LogP contribution in [-0.2, 0) is 6.54 Å². The molecule has 0 amide bonds. The first-order valence-electron chi connectivity index (χ1n) is 3.61. The minimum Gasteiger partial charge on any atom is -0.505 e. The van der Waals surface area contributed by atoms with E-state index in [0.717, 1.165) is 6.42 Å². The number of hydrogen-bond acceptors (Lipinski definition) is 3. The van der Waals surface area contributed by atoms with Gasteiger partial charge in [-0.2, -0.15) is 5.10 Å². The van der Waals surface area contributed by atoms with Gasteiger partial charge in [0.15, 0.2) is 5.75 Å². The normalized spacial score (nSPS) is 10.2. The van der Waals surface area contributed by atoms with Crippen molar-refractivity contribution in [3.05, 3.63) is 21.0 Å². The summed E-state index contributed by atoms with van der Waals surface area (Å²) in [6.07, 6.45) is 2.09. The Morgan fingerprint density at radius 1 is 1.75 bits per heavy atom. The van der Waals surface area contributed by atoms with E-state index in [1.54, 1.807) is 0 Å². The molecule has 66 valence electrons. The van der Waals surface area contributed by atoms with Crippen LogP contribution in [0.5, 0.6) is 5.75 Å². The van der Waals surface area contributed by atoms with Crippen LogP contribution in [0.1, 0.15) is 13.3 Å². The van der Waals surface area contributed by atoms with Gasteiger partial charge in [-0.3, -0.25) is 4.79 Å². The molecular formula is C7H9BrN2O2. The Bertz CT molecular complexity index is 335. The van der Waals surface area contributed by atoms with Gasteiger partial charge in [-0.15, -0.1) is 0 Å². The van der Waals surface area contributed by atoms with E-state index in [0.29, 0.717) is 6.54 Å². The zero-order valence-corrected chi connectivity index (χ0v) is 8.21. The lowest BCUT2D eigenvalue weighted by Crippen LogP contribution is -2.22. The summed E-state index contributed by atoms with van der Waals surface area (Å²) in [6.45, 7) is 2.52. The van der Waals surface area contributed by atoms with Crippen molar-refractivity contribution in [2.75, 3.05) is 0 Å². The molecule has 0 spiro atoms. The van der Waals surface area contributed by atoms with Gasteiger partial charge in [0, 0.05) is 6.54 Å². The molecule has 1 heterocycles. The number of aromatic nitrogens is 2. The maximum absolute atomic E-state index is 11.3. The Hall–Kier alpha value is -0.840. The molecule has 0 unspecified atom stereocenters. The molecule has 0 bridgehead atoms. The number of rotatable bonds is 2. The molecule has 1 aromatic rings. The molecule has 1 aromatic heterocycles. The Kier molecular flexibility index (Phi) is 2.86. The average Bonchev–Trinajstić information content (AvgIpc) is 2.07. The summed E-state index contributed by atoms with van der Waals surface area (Å²) >= 11 is 2.98. The van der Waals surface area contributed by atoms with Gasteiger partial charge in [0.2, 0.25) is 0 Å². The van der Waals surface area contributed by atoms with E-state index >= 15 is 0 Å². The fourth-order valence-electron chi connectivity index (χ4n) is 0.827. The van der Waals surface area contributed by atoms with Crippen LogP contribution < -0.4 is 5.56 Å². The molecule has 12 heavy (non-hydrogen) atoms. The van der Waals surface area contributed by atoms with Crippen LogP contribution in [0.25, 0.3) is 0 Å². The van der Waals surface area contributed by atoms with Gasteiger partial charge < -0.3 is 5.11 Å². The van der Waals surface area contributed by atoms with Crippen LogP contribution in [0.3, 0.4) is 0 Å². The highest BCUT2D eigenvalue weighted by molar-refractivity contribution is 9.10. The van der Waals surface area contributed by atoms with E-state index in [1.807, 2.05) is 6.92 Å². The smallest absolute Gasteiger partial charge is 0.284 e. The number of nitrogens with zero attached hydrogens (tertiary/aromatic N) is 2. The van der Waals surface area contributed by atoms with Crippen molar-refractivity contribution in [2.24, 2.45) is 0 Å². The molecule has 0 aliphatic heterocycles. The summed E-state index contributed by atoms with van der Waals surface area (Å²) < 4.78 is 1.48. The monoisotopic (exact) mass is 232 g/mol.